The van der Waals surface area contributed by atoms with E-state index < -0.39 is 5.97 Å². The van der Waals surface area contributed by atoms with Crippen molar-refractivity contribution in [3.8, 4) is 0 Å². The first-order valence-electron chi connectivity index (χ1n) is 6.66. The van der Waals surface area contributed by atoms with E-state index in [-0.39, 0.29) is 0 Å². The molecule has 0 aliphatic rings. The summed E-state index contributed by atoms with van der Waals surface area (Å²) in [5, 5.41) is 9.35. The van der Waals surface area contributed by atoms with Crippen molar-refractivity contribution in [2.45, 2.75) is 12.8 Å². The number of anilines is 1. The second-order valence-electron chi connectivity index (χ2n) is 4.99. The van der Waals surface area contributed by atoms with E-state index >= 15 is 0 Å². The topological polar surface area (TPSA) is 40.5 Å². The van der Waals surface area contributed by atoms with E-state index in [4.69, 9.17) is 0 Å². The first-order chi connectivity index (χ1) is 9.59. The molecule has 2 aromatic carbocycles. The second kappa shape index (κ2) is 6.24. The molecular formula is C17H19NO2. The predicted octanol–water partition coefficient (Wildman–Crippen LogP) is 3.24. The molecule has 0 radical (unpaired) electrons. The van der Waals surface area contributed by atoms with Crippen LogP contribution < -0.4 is 4.90 Å². The summed E-state index contributed by atoms with van der Waals surface area (Å²) in [7, 11) is 3.87. The molecule has 2 rings (SSSR count). The molecule has 3 heteroatoms. The van der Waals surface area contributed by atoms with Crippen LogP contribution in [-0.4, -0.2) is 25.2 Å². The van der Waals surface area contributed by atoms with Crippen LogP contribution in [-0.2, 0) is 12.8 Å². The van der Waals surface area contributed by atoms with E-state index in [0.717, 1.165) is 24.1 Å². The molecule has 0 heterocycles. The third kappa shape index (κ3) is 3.18. The summed E-state index contributed by atoms with van der Waals surface area (Å²) in [5.41, 5.74) is 3.49. The van der Waals surface area contributed by atoms with Gasteiger partial charge < -0.3 is 10.0 Å². The van der Waals surface area contributed by atoms with Crippen molar-refractivity contribution in [2.24, 2.45) is 0 Å². The van der Waals surface area contributed by atoms with Crippen molar-refractivity contribution in [1.29, 1.82) is 0 Å². The van der Waals surface area contributed by atoms with Crippen LogP contribution in [0.15, 0.2) is 48.5 Å². The van der Waals surface area contributed by atoms with E-state index in [1.165, 1.54) is 5.56 Å². The largest absolute Gasteiger partial charge is 0.478 e. The van der Waals surface area contributed by atoms with Gasteiger partial charge in [0.2, 0.25) is 0 Å². The number of carboxylic acids is 1. The Morgan fingerprint density at radius 2 is 1.70 bits per heavy atom. The standard InChI is InChI=1S/C17H19NO2/c1-18(2)16-10-6-9-15(17(19)20)14(16)12-11-13-7-4-3-5-8-13/h3-10H,11-12H2,1-2H3,(H,19,20). The lowest BCUT2D eigenvalue weighted by molar-refractivity contribution is 0.0695. The fraction of sp³-hybridized carbons (Fsp3) is 0.235. The van der Waals surface area contributed by atoms with Crippen LogP contribution in [0, 0.1) is 0 Å². The molecule has 0 amide bonds. The molecule has 0 aliphatic carbocycles. The Balaban J connectivity index is 2.31. The normalized spacial score (nSPS) is 10.3. The van der Waals surface area contributed by atoms with Crippen molar-refractivity contribution in [1.82, 2.24) is 0 Å². The number of aryl methyl sites for hydroxylation is 1. The van der Waals surface area contributed by atoms with E-state index in [9.17, 15) is 9.90 Å². The van der Waals surface area contributed by atoms with Gasteiger partial charge in [0.15, 0.2) is 0 Å². The van der Waals surface area contributed by atoms with Crippen molar-refractivity contribution in [3.05, 3.63) is 65.2 Å². The highest BCUT2D eigenvalue weighted by Gasteiger charge is 2.14. The summed E-state index contributed by atoms with van der Waals surface area (Å²) in [6.45, 7) is 0. The molecule has 3 nitrogen and oxygen atoms in total. The maximum atomic E-state index is 11.4. The zero-order valence-corrected chi connectivity index (χ0v) is 11.8. The van der Waals surface area contributed by atoms with Crippen LogP contribution >= 0.6 is 0 Å². The lowest BCUT2D eigenvalue weighted by atomic mass is 9.97. The SMILES string of the molecule is CN(C)c1cccc(C(=O)O)c1CCc1ccccc1. The van der Waals surface area contributed by atoms with Crippen molar-refractivity contribution in [2.75, 3.05) is 19.0 Å². The molecular weight excluding hydrogens is 250 g/mol. The highest BCUT2D eigenvalue weighted by molar-refractivity contribution is 5.91. The van der Waals surface area contributed by atoms with Crippen molar-refractivity contribution >= 4 is 11.7 Å². The molecule has 0 atom stereocenters. The van der Waals surface area contributed by atoms with Gasteiger partial charge in [-0.15, -0.1) is 0 Å². The number of benzene rings is 2. The lowest BCUT2D eigenvalue weighted by Gasteiger charge is -2.19. The van der Waals surface area contributed by atoms with E-state index in [0.29, 0.717) is 5.56 Å². The molecule has 0 saturated carbocycles. The van der Waals surface area contributed by atoms with Gasteiger partial charge in [-0.25, -0.2) is 4.79 Å². The Labute approximate surface area is 119 Å². The molecule has 0 fully saturated rings. The van der Waals surface area contributed by atoms with Crippen LogP contribution in [0.5, 0.6) is 0 Å². The Morgan fingerprint density at radius 1 is 1.00 bits per heavy atom. The summed E-state index contributed by atoms with van der Waals surface area (Å²) in [5.74, 6) is -0.864. The minimum absolute atomic E-state index is 0.395. The second-order valence-corrected chi connectivity index (χ2v) is 4.99. The lowest BCUT2D eigenvalue weighted by Crippen LogP contribution is -2.15. The first-order valence-corrected chi connectivity index (χ1v) is 6.66. The zero-order valence-electron chi connectivity index (χ0n) is 11.8. The molecule has 0 aliphatic heterocycles. The van der Waals surface area contributed by atoms with E-state index in [1.54, 1.807) is 12.1 Å². The van der Waals surface area contributed by atoms with Gasteiger partial charge in [-0.3, -0.25) is 0 Å². The van der Waals surface area contributed by atoms with Crippen molar-refractivity contribution < 1.29 is 9.90 Å². The smallest absolute Gasteiger partial charge is 0.336 e. The number of carboxylic acid groups (broad SMARTS) is 1. The maximum absolute atomic E-state index is 11.4. The molecule has 0 saturated heterocycles. The third-order valence-electron chi connectivity index (χ3n) is 3.37. The average molecular weight is 269 g/mol. The van der Waals surface area contributed by atoms with Crippen LogP contribution in [0.2, 0.25) is 0 Å². The Hall–Kier alpha value is -2.29. The van der Waals surface area contributed by atoms with Gasteiger partial charge in [0.1, 0.15) is 0 Å². The minimum Gasteiger partial charge on any atom is -0.478 e. The summed E-state index contributed by atoms with van der Waals surface area (Å²) >= 11 is 0. The molecule has 1 N–H and O–H groups in total. The zero-order chi connectivity index (χ0) is 14.5. The minimum atomic E-state index is -0.864. The molecule has 0 spiro atoms. The van der Waals surface area contributed by atoms with Crippen molar-refractivity contribution in [3.63, 3.8) is 0 Å². The highest BCUT2D eigenvalue weighted by Crippen LogP contribution is 2.24. The van der Waals surface area contributed by atoms with E-state index in [2.05, 4.69) is 12.1 Å². The molecule has 0 aromatic heterocycles. The number of nitrogens with zero attached hydrogens (tertiary/aromatic N) is 1. The van der Waals surface area contributed by atoms with Crippen LogP contribution in [0.4, 0.5) is 5.69 Å². The van der Waals surface area contributed by atoms with Gasteiger partial charge in [-0.05, 0) is 36.1 Å². The van der Waals surface area contributed by atoms with Crippen LogP contribution in [0.3, 0.4) is 0 Å². The van der Waals surface area contributed by atoms with Gasteiger partial charge in [0.05, 0.1) is 5.56 Å². The van der Waals surface area contributed by atoms with Crippen LogP contribution in [0.1, 0.15) is 21.5 Å². The van der Waals surface area contributed by atoms with E-state index in [1.807, 2.05) is 43.3 Å². The average Bonchev–Trinajstić information content (AvgIpc) is 2.45. The fourth-order valence-corrected chi connectivity index (χ4v) is 2.37. The van der Waals surface area contributed by atoms with Gasteiger partial charge in [-0.2, -0.15) is 0 Å². The highest BCUT2D eigenvalue weighted by atomic mass is 16.4. The third-order valence-corrected chi connectivity index (χ3v) is 3.37. The Morgan fingerprint density at radius 3 is 2.30 bits per heavy atom. The monoisotopic (exact) mass is 269 g/mol. The summed E-state index contributed by atoms with van der Waals surface area (Å²) < 4.78 is 0. The van der Waals surface area contributed by atoms with Gasteiger partial charge in [0, 0.05) is 19.8 Å². The molecule has 0 unspecified atom stereocenters. The number of aromatic carboxylic acids is 1. The number of hydrogen-bond donors (Lipinski definition) is 1. The number of carbonyl (C=O) groups is 1. The molecule has 2 aromatic rings. The Kier molecular flexibility index (Phi) is 4.41. The summed E-state index contributed by atoms with van der Waals surface area (Å²) in [6, 6.07) is 15.6. The number of hydrogen-bond acceptors (Lipinski definition) is 2. The summed E-state index contributed by atoms with van der Waals surface area (Å²) in [4.78, 5) is 13.4. The van der Waals surface area contributed by atoms with Crippen LogP contribution in [0.25, 0.3) is 0 Å². The quantitative estimate of drug-likeness (QED) is 0.906. The Bertz CT molecular complexity index is 591. The van der Waals surface area contributed by atoms with Gasteiger partial charge in [-0.1, -0.05) is 36.4 Å². The molecule has 20 heavy (non-hydrogen) atoms. The predicted molar refractivity (Wildman–Crippen MR) is 81.6 cm³/mol. The fourth-order valence-electron chi connectivity index (χ4n) is 2.37. The number of rotatable bonds is 5. The molecule has 104 valence electrons. The molecule has 0 bridgehead atoms. The van der Waals surface area contributed by atoms with Gasteiger partial charge in [0.25, 0.3) is 0 Å². The first kappa shape index (κ1) is 14.1. The van der Waals surface area contributed by atoms with Gasteiger partial charge >= 0.3 is 5.97 Å². The maximum Gasteiger partial charge on any atom is 0.336 e. The summed E-state index contributed by atoms with van der Waals surface area (Å²) in [6.07, 6.45) is 1.56.